The maximum absolute atomic E-state index is 12.5. The van der Waals surface area contributed by atoms with Crippen LogP contribution in [-0.4, -0.2) is 71.8 Å². The highest BCUT2D eigenvalue weighted by molar-refractivity contribution is 7.89. The van der Waals surface area contributed by atoms with Crippen LogP contribution in [0.25, 0.3) is 0 Å². The average Bonchev–Trinajstić information content (AvgIpc) is 2.41. The number of hydrogen-bond acceptors (Lipinski definition) is 5. The molecule has 23 heavy (non-hydrogen) atoms. The van der Waals surface area contributed by atoms with Gasteiger partial charge in [0.25, 0.3) is 0 Å². The summed E-state index contributed by atoms with van der Waals surface area (Å²) in [5.41, 5.74) is -0.0201. The first-order chi connectivity index (χ1) is 10.7. The van der Waals surface area contributed by atoms with Crippen molar-refractivity contribution >= 4 is 10.0 Å². The van der Waals surface area contributed by atoms with E-state index in [2.05, 4.69) is 4.90 Å². The average molecular weight is 340 g/mol. The van der Waals surface area contributed by atoms with Gasteiger partial charge in [0, 0.05) is 32.2 Å². The number of aliphatic hydroxyl groups is 2. The summed E-state index contributed by atoms with van der Waals surface area (Å²) in [4.78, 5) is 2.40. The lowest BCUT2D eigenvalue weighted by atomic mass is 9.89. The molecule has 0 aromatic heterocycles. The molecule has 128 valence electrons. The lowest BCUT2D eigenvalue weighted by Gasteiger charge is -2.49. The van der Waals surface area contributed by atoms with Crippen LogP contribution >= 0.6 is 0 Å². The van der Waals surface area contributed by atoms with E-state index < -0.39 is 21.7 Å². The van der Waals surface area contributed by atoms with E-state index in [0.29, 0.717) is 37.5 Å². The van der Waals surface area contributed by atoms with Gasteiger partial charge in [-0.15, -0.1) is 0 Å². The lowest BCUT2D eigenvalue weighted by molar-refractivity contribution is -0.121. The Bertz CT molecular complexity index is 666. The van der Waals surface area contributed by atoms with Gasteiger partial charge >= 0.3 is 0 Å². The van der Waals surface area contributed by atoms with E-state index in [9.17, 15) is 18.6 Å². The summed E-state index contributed by atoms with van der Waals surface area (Å²) in [7, 11) is -3.43. The van der Waals surface area contributed by atoms with Gasteiger partial charge in [-0.25, -0.2) is 8.42 Å². The van der Waals surface area contributed by atoms with Crippen molar-refractivity contribution in [1.82, 2.24) is 9.21 Å². The molecular weight excluding hydrogens is 316 g/mol. The van der Waals surface area contributed by atoms with Crippen LogP contribution in [0.4, 0.5) is 0 Å². The zero-order valence-corrected chi connectivity index (χ0v) is 14.3. The van der Waals surface area contributed by atoms with Gasteiger partial charge < -0.3 is 10.2 Å². The van der Waals surface area contributed by atoms with E-state index in [1.54, 1.807) is 31.2 Å². The standard InChI is InChI=1S/C16H24N2O4S/c1-12-3-5-14(6-4-12)23(21,22)18-9-13(10-18)17-8-7-16(2,20)15(19)11-17/h3-6,13,15,19-20H,7-11H2,1-2H3/t15-,16-/m0/s1. The summed E-state index contributed by atoms with van der Waals surface area (Å²) in [5.74, 6) is 0. The second kappa shape index (κ2) is 5.82. The van der Waals surface area contributed by atoms with Crippen LogP contribution < -0.4 is 0 Å². The molecule has 2 aliphatic rings. The Hall–Kier alpha value is -0.990. The molecule has 2 saturated heterocycles. The molecule has 7 heteroatoms. The summed E-state index contributed by atoms with van der Waals surface area (Å²) < 4.78 is 26.6. The summed E-state index contributed by atoms with van der Waals surface area (Å²) in [6, 6.07) is 6.99. The van der Waals surface area contributed by atoms with Crippen molar-refractivity contribution in [1.29, 1.82) is 0 Å². The third kappa shape index (κ3) is 3.16. The Balaban J connectivity index is 1.62. The monoisotopic (exact) mass is 340 g/mol. The van der Waals surface area contributed by atoms with Gasteiger partial charge in [0.1, 0.15) is 0 Å². The smallest absolute Gasteiger partial charge is 0.243 e. The fraction of sp³-hybridized carbons (Fsp3) is 0.625. The Kier molecular flexibility index (Phi) is 4.27. The molecular formula is C16H24N2O4S. The summed E-state index contributed by atoms with van der Waals surface area (Å²) in [6.45, 7) is 5.50. The Morgan fingerprint density at radius 1 is 1.17 bits per heavy atom. The molecule has 1 aromatic rings. The first kappa shape index (κ1) is 16.9. The Morgan fingerprint density at radius 3 is 2.35 bits per heavy atom. The first-order valence-corrected chi connectivity index (χ1v) is 9.35. The number of aryl methyl sites for hydroxylation is 1. The quantitative estimate of drug-likeness (QED) is 0.821. The minimum Gasteiger partial charge on any atom is -0.389 e. The second-order valence-electron chi connectivity index (χ2n) is 6.91. The van der Waals surface area contributed by atoms with Crippen LogP contribution in [0.15, 0.2) is 29.2 Å². The predicted molar refractivity (Wildman–Crippen MR) is 86.5 cm³/mol. The van der Waals surface area contributed by atoms with Gasteiger partial charge in [0.05, 0.1) is 16.6 Å². The van der Waals surface area contributed by atoms with Crippen LogP contribution in [0, 0.1) is 6.92 Å². The van der Waals surface area contributed by atoms with E-state index in [1.165, 1.54) is 4.31 Å². The number of sulfonamides is 1. The highest BCUT2D eigenvalue weighted by Gasteiger charge is 2.44. The number of likely N-dealkylation sites (tertiary alicyclic amines) is 1. The van der Waals surface area contributed by atoms with Crippen molar-refractivity contribution in [2.75, 3.05) is 26.2 Å². The SMILES string of the molecule is Cc1ccc(S(=O)(=O)N2CC(N3CC[C@](C)(O)[C@@H](O)C3)C2)cc1. The van der Waals surface area contributed by atoms with Crippen molar-refractivity contribution in [3.05, 3.63) is 29.8 Å². The molecule has 0 radical (unpaired) electrons. The van der Waals surface area contributed by atoms with Gasteiger partial charge in [-0.3, -0.25) is 4.90 Å². The minimum absolute atomic E-state index is 0.112. The molecule has 0 unspecified atom stereocenters. The highest BCUT2D eigenvalue weighted by Crippen LogP contribution is 2.29. The maximum atomic E-state index is 12.5. The van der Waals surface area contributed by atoms with Gasteiger partial charge in [-0.05, 0) is 32.4 Å². The predicted octanol–water partition coefficient (Wildman–Crippen LogP) is 0.186. The van der Waals surface area contributed by atoms with Gasteiger partial charge in [-0.2, -0.15) is 4.31 Å². The summed E-state index contributed by atoms with van der Waals surface area (Å²) in [5, 5.41) is 20.0. The van der Waals surface area contributed by atoms with E-state index in [-0.39, 0.29) is 6.04 Å². The Morgan fingerprint density at radius 2 is 1.78 bits per heavy atom. The molecule has 0 saturated carbocycles. The van der Waals surface area contributed by atoms with Crippen LogP contribution in [0.1, 0.15) is 18.9 Å². The molecule has 0 aliphatic carbocycles. The molecule has 2 aliphatic heterocycles. The molecule has 2 atom stereocenters. The molecule has 2 heterocycles. The number of nitrogens with zero attached hydrogens (tertiary/aromatic N) is 2. The molecule has 1 aromatic carbocycles. The number of benzene rings is 1. The number of piperidine rings is 1. The number of hydrogen-bond donors (Lipinski definition) is 2. The summed E-state index contributed by atoms with van der Waals surface area (Å²) in [6.07, 6.45) is -0.297. The molecule has 2 fully saturated rings. The number of rotatable bonds is 3. The Labute approximate surface area is 137 Å². The fourth-order valence-corrected chi connectivity index (χ4v) is 4.60. The molecule has 6 nitrogen and oxygen atoms in total. The molecule has 0 bridgehead atoms. The molecule has 0 amide bonds. The first-order valence-electron chi connectivity index (χ1n) is 7.91. The van der Waals surface area contributed by atoms with Crippen LogP contribution in [-0.2, 0) is 10.0 Å². The van der Waals surface area contributed by atoms with E-state index in [1.807, 2.05) is 6.92 Å². The fourth-order valence-electron chi connectivity index (χ4n) is 3.08. The van der Waals surface area contributed by atoms with Gasteiger partial charge in [0.15, 0.2) is 0 Å². The third-order valence-corrected chi connectivity index (χ3v) is 6.88. The minimum atomic E-state index is -3.43. The second-order valence-corrected chi connectivity index (χ2v) is 8.84. The van der Waals surface area contributed by atoms with E-state index >= 15 is 0 Å². The highest BCUT2D eigenvalue weighted by atomic mass is 32.2. The van der Waals surface area contributed by atoms with Crippen molar-refractivity contribution in [2.45, 2.75) is 42.9 Å². The summed E-state index contributed by atoms with van der Waals surface area (Å²) >= 11 is 0. The van der Waals surface area contributed by atoms with Crippen molar-refractivity contribution in [3.8, 4) is 0 Å². The van der Waals surface area contributed by atoms with E-state index in [4.69, 9.17) is 0 Å². The van der Waals surface area contributed by atoms with Gasteiger partial charge in [0.2, 0.25) is 10.0 Å². The zero-order chi connectivity index (χ0) is 16.8. The van der Waals surface area contributed by atoms with Crippen molar-refractivity contribution in [3.63, 3.8) is 0 Å². The number of aliphatic hydroxyl groups excluding tert-OH is 1. The van der Waals surface area contributed by atoms with Crippen LogP contribution in [0.5, 0.6) is 0 Å². The molecule has 3 rings (SSSR count). The van der Waals surface area contributed by atoms with Crippen molar-refractivity contribution < 1.29 is 18.6 Å². The van der Waals surface area contributed by atoms with Crippen molar-refractivity contribution in [2.24, 2.45) is 0 Å². The largest absolute Gasteiger partial charge is 0.389 e. The normalized spacial score (nSPS) is 31.0. The number of β-amino-alcohol motifs (C(OH)–C–C–N with tert-alkyl or cyclic N) is 1. The van der Waals surface area contributed by atoms with Gasteiger partial charge in [-0.1, -0.05) is 17.7 Å². The van der Waals surface area contributed by atoms with Crippen LogP contribution in [0.2, 0.25) is 0 Å². The maximum Gasteiger partial charge on any atom is 0.243 e. The molecule has 2 N–H and O–H groups in total. The zero-order valence-electron chi connectivity index (χ0n) is 13.5. The molecule has 0 spiro atoms. The third-order valence-electron chi connectivity index (χ3n) is 5.03. The van der Waals surface area contributed by atoms with E-state index in [0.717, 1.165) is 5.56 Å². The lowest BCUT2D eigenvalue weighted by Crippen LogP contribution is -2.65. The topological polar surface area (TPSA) is 81.1 Å². The van der Waals surface area contributed by atoms with Crippen LogP contribution in [0.3, 0.4) is 0 Å².